The zero-order valence-electron chi connectivity index (χ0n) is 15.7. The van der Waals surface area contributed by atoms with Gasteiger partial charge in [0.25, 0.3) is 0 Å². The van der Waals surface area contributed by atoms with E-state index in [2.05, 4.69) is 27.3 Å². The predicted molar refractivity (Wildman–Crippen MR) is 109 cm³/mol. The van der Waals surface area contributed by atoms with Gasteiger partial charge in [0.15, 0.2) is 5.82 Å². The predicted octanol–water partition coefficient (Wildman–Crippen LogP) is 4.67. The molecule has 0 atom stereocenters. The van der Waals surface area contributed by atoms with Crippen LogP contribution in [0.15, 0.2) is 35.4 Å². The molecule has 4 rings (SSSR count). The van der Waals surface area contributed by atoms with E-state index in [1.165, 1.54) is 19.3 Å². The largest absolute Gasteiger partial charge is 0.250 e. The Hall–Kier alpha value is -2.54. The summed E-state index contributed by atoms with van der Waals surface area (Å²) in [7, 11) is 0. The average molecular weight is 381 g/mol. The van der Waals surface area contributed by atoms with Crippen LogP contribution in [0.5, 0.6) is 0 Å². The fraction of sp³-hybridized carbons (Fsp3) is 0.400. The van der Waals surface area contributed by atoms with Crippen molar-refractivity contribution >= 4 is 18.4 Å². The van der Waals surface area contributed by atoms with Crippen molar-refractivity contribution in [2.75, 3.05) is 0 Å². The summed E-state index contributed by atoms with van der Waals surface area (Å²) in [5.74, 6) is 1.37. The Morgan fingerprint density at radius 3 is 2.63 bits per heavy atom. The lowest BCUT2D eigenvalue weighted by atomic mass is 9.89. The maximum atomic E-state index is 5.42. The van der Waals surface area contributed by atoms with Crippen molar-refractivity contribution in [2.24, 2.45) is 5.10 Å². The Morgan fingerprint density at radius 2 is 1.89 bits per heavy atom. The van der Waals surface area contributed by atoms with Crippen molar-refractivity contribution in [1.29, 1.82) is 0 Å². The summed E-state index contributed by atoms with van der Waals surface area (Å²) in [5, 5.41) is 16.7. The second kappa shape index (κ2) is 7.60. The Labute approximate surface area is 163 Å². The van der Waals surface area contributed by atoms with E-state index in [0.29, 0.717) is 10.7 Å². The maximum absolute atomic E-state index is 5.42. The molecule has 1 aromatic carbocycles. The average Bonchev–Trinajstić information content (AvgIpc) is 3.21. The van der Waals surface area contributed by atoms with Gasteiger partial charge in [-0.25, -0.2) is 4.68 Å². The number of para-hydroxylation sites is 1. The first-order chi connectivity index (χ1) is 13.1. The number of aromatic nitrogens is 5. The number of H-pyrrole nitrogens is 1. The van der Waals surface area contributed by atoms with Crippen molar-refractivity contribution in [1.82, 2.24) is 24.7 Å². The van der Waals surface area contributed by atoms with Gasteiger partial charge in [0.1, 0.15) is 0 Å². The van der Waals surface area contributed by atoms with Crippen molar-refractivity contribution in [3.8, 4) is 5.69 Å². The van der Waals surface area contributed by atoms with E-state index in [1.807, 2.05) is 48.2 Å². The molecule has 140 valence electrons. The first kappa shape index (κ1) is 17.9. The molecular formula is C20H24N6S. The van der Waals surface area contributed by atoms with Crippen LogP contribution in [-0.2, 0) is 0 Å². The molecule has 2 heterocycles. The van der Waals surface area contributed by atoms with Crippen LogP contribution in [0.4, 0.5) is 0 Å². The molecule has 7 heteroatoms. The van der Waals surface area contributed by atoms with Gasteiger partial charge in [-0.1, -0.05) is 37.5 Å². The van der Waals surface area contributed by atoms with E-state index in [1.54, 1.807) is 4.68 Å². The van der Waals surface area contributed by atoms with Gasteiger partial charge in [0.05, 0.1) is 23.3 Å². The molecule has 1 saturated carbocycles. The highest BCUT2D eigenvalue weighted by atomic mass is 32.1. The SMILES string of the molecule is Cc1nn(-c2ccccc2)c(C)c1/C=N/n1c(C2CCCCC2)n[nH]c1=S. The number of nitrogens with zero attached hydrogens (tertiary/aromatic N) is 5. The zero-order valence-corrected chi connectivity index (χ0v) is 16.5. The van der Waals surface area contributed by atoms with Crippen LogP contribution in [0.1, 0.15) is 60.8 Å². The second-order valence-corrected chi connectivity index (χ2v) is 7.50. The number of benzene rings is 1. The summed E-state index contributed by atoms with van der Waals surface area (Å²) in [5.41, 5.74) is 4.04. The summed E-state index contributed by atoms with van der Waals surface area (Å²) in [6.07, 6.45) is 7.96. The molecule has 3 aromatic rings. The van der Waals surface area contributed by atoms with Gasteiger partial charge >= 0.3 is 0 Å². The number of aromatic amines is 1. The lowest BCUT2D eigenvalue weighted by molar-refractivity contribution is 0.419. The van der Waals surface area contributed by atoms with Crippen LogP contribution < -0.4 is 0 Å². The fourth-order valence-corrected chi connectivity index (χ4v) is 4.00. The van der Waals surface area contributed by atoms with Crippen LogP contribution in [0.2, 0.25) is 0 Å². The molecule has 1 fully saturated rings. The van der Waals surface area contributed by atoms with Gasteiger partial charge in [-0.3, -0.25) is 5.10 Å². The number of rotatable bonds is 4. The molecule has 1 N–H and O–H groups in total. The lowest BCUT2D eigenvalue weighted by Crippen LogP contribution is -2.10. The van der Waals surface area contributed by atoms with Gasteiger partial charge in [0, 0.05) is 11.5 Å². The minimum absolute atomic E-state index is 0.429. The molecule has 0 amide bonds. The minimum Gasteiger partial charge on any atom is -0.250 e. The van der Waals surface area contributed by atoms with Gasteiger partial charge < -0.3 is 0 Å². The van der Waals surface area contributed by atoms with E-state index >= 15 is 0 Å². The molecule has 0 radical (unpaired) electrons. The number of aryl methyl sites for hydroxylation is 1. The standard InChI is InChI=1S/C20H24N6S/c1-14-18(15(2)25(24-14)17-11-7-4-8-12-17)13-21-26-19(22-23-20(26)27)16-9-5-3-6-10-16/h4,7-8,11-13,16H,3,5-6,9-10H2,1-2H3,(H,23,27)/b21-13+. The fourth-order valence-electron chi connectivity index (χ4n) is 3.82. The third-order valence-electron chi connectivity index (χ3n) is 5.30. The number of hydrogen-bond donors (Lipinski definition) is 1. The summed E-state index contributed by atoms with van der Waals surface area (Å²) in [4.78, 5) is 0. The number of nitrogens with one attached hydrogen (secondary N) is 1. The molecule has 0 unspecified atom stereocenters. The van der Waals surface area contributed by atoms with Crippen LogP contribution >= 0.6 is 12.2 Å². The highest BCUT2D eigenvalue weighted by Gasteiger charge is 2.21. The summed E-state index contributed by atoms with van der Waals surface area (Å²) >= 11 is 5.42. The molecule has 6 nitrogen and oxygen atoms in total. The molecule has 0 spiro atoms. The van der Waals surface area contributed by atoms with Crippen molar-refractivity contribution in [3.63, 3.8) is 0 Å². The Kier molecular flexibility index (Phi) is 5.03. The molecule has 2 aromatic heterocycles. The normalized spacial score (nSPS) is 15.6. The van der Waals surface area contributed by atoms with Gasteiger partial charge in [-0.15, -0.1) is 0 Å². The third kappa shape index (κ3) is 3.51. The van der Waals surface area contributed by atoms with Crippen molar-refractivity contribution in [3.05, 3.63) is 57.9 Å². The minimum atomic E-state index is 0.429. The van der Waals surface area contributed by atoms with E-state index in [4.69, 9.17) is 12.2 Å². The molecule has 0 bridgehead atoms. The summed E-state index contributed by atoms with van der Waals surface area (Å²) < 4.78 is 4.27. The quantitative estimate of drug-likeness (QED) is 0.528. The Balaban J connectivity index is 1.67. The van der Waals surface area contributed by atoms with Gasteiger partial charge in [0.2, 0.25) is 4.77 Å². The van der Waals surface area contributed by atoms with Crippen molar-refractivity contribution in [2.45, 2.75) is 51.9 Å². The zero-order chi connectivity index (χ0) is 18.8. The topological polar surface area (TPSA) is 63.8 Å². The highest BCUT2D eigenvalue weighted by molar-refractivity contribution is 7.71. The van der Waals surface area contributed by atoms with E-state index in [0.717, 1.165) is 41.3 Å². The maximum Gasteiger partial charge on any atom is 0.216 e. The van der Waals surface area contributed by atoms with Crippen LogP contribution in [0.3, 0.4) is 0 Å². The number of hydrogen-bond acceptors (Lipinski definition) is 4. The molecule has 27 heavy (non-hydrogen) atoms. The van der Waals surface area contributed by atoms with Crippen molar-refractivity contribution < 1.29 is 0 Å². The first-order valence-electron chi connectivity index (χ1n) is 9.48. The second-order valence-electron chi connectivity index (χ2n) is 7.11. The van der Waals surface area contributed by atoms with E-state index in [9.17, 15) is 0 Å². The van der Waals surface area contributed by atoms with E-state index in [-0.39, 0.29) is 0 Å². The van der Waals surface area contributed by atoms with Crippen LogP contribution in [0.25, 0.3) is 5.69 Å². The molecular weight excluding hydrogens is 356 g/mol. The lowest BCUT2D eigenvalue weighted by Gasteiger charge is -2.19. The third-order valence-corrected chi connectivity index (χ3v) is 5.56. The molecule has 0 aliphatic heterocycles. The molecule has 1 aliphatic carbocycles. The Morgan fingerprint density at radius 1 is 1.15 bits per heavy atom. The van der Waals surface area contributed by atoms with Crippen LogP contribution in [-0.4, -0.2) is 30.9 Å². The molecule has 1 aliphatic rings. The molecule has 0 saturated heterocycles. The Bertz CT molecular complexity index is 1010. The van der Waals surface area contributed by atoms with Gasteiger partial charge in [-0.05, 0) is 51.0 Å². The monoisotopic (exact) mass is 380 g/mol. The smallest absolute Gasteiger partial charge is 0.216 e. The summed E-state index contributed by atoms with van der Waals surface area (Å²) in [6, 6.07) is 10.1. The highest BCUT2D eigenvalue weighted by Crippen LogP contribution is 2.31. The van der Waals surface area contributed by atoms with Gasteiger partial charge in [-0.2, -0.15) is 20.0 Å². The van der Waals surface area contributed by atoms with E-state index < -0.39 is 0 Å². The van der Waals surface area contributed by atoms with Crippen LogP contribution in [0, 0.1) is 18.6 Å². The summed E-state index contributed by atoms with van der Waals surface area (Å²) in [6.45, 7) is 4.07. The first-order valence-corrected chi connectivity index (χ1v) is 9.89.